The smallest absolute Gasteiger partial charge is 0.257 e. The summed E-state index contributed by atoms with van der Waals surface area (Å²) in [6.45, 7) is 4.65. The molecular weight excluding hydrogens is 284 g/mol. The van der Waals surface area contributed by atoms with E-state index in [0.29, 0.717) is 23.1 Å². The number of benzene rings is 1. The summed E-state index contributed by atoms with van der Waals surface area (Å²) in [5.41, 5.74) is 5.78. The van der Waals surface area contributed by atoms with E-state index in [9.17, 15) is 9.90 Å². The predicted octanol–water partition coefficient (Wildman–Crippen LogP) is 2.43. The highest BCUT2D eigenvalue weighted by molar-refractivity contribution is 7.80. The summed E-state index contributed by atoms with van der Waals surface area (Å²) < 4.78 is 0. The van der Waals surface area contributed by atoms with Gasteiger partial charge in [-0.15, -0.1) is 0 Å². The second-order valence-electron chi connectivity index (χ2n) is 4.31. The molecule has 0 saturated heterocycles. The van der Waals surface area contributed by atoms with Crippen molar-refractivity contribution in [2.45, 2.75) is 13.8 Å². The van der Waals surface area contributed by atoms with E-state index in [0.717, 1.165) is 0 Å². The van der Waals surface area contributed by atoms with Crippen molar-refractivity contribution in [1.82, 2.24) is 4.90 Å². The van der Waals surface area contributed by atoms with E-state index in [4.69, 9.17) is 29.6 Å². The molecule has 1 aromatic carbocycles. The van der Waals surface area contributed by atoms with Crippen molar-refractivity contribution in [2.75, 3.05) is 13.1 Å². The SMILES string of the molecule is CCN(CC(C)C(N)=S)C(=O)c1ccc(Cl)cc1O. The summed E-state index contributed by atoms with van der Waals surface area (Å²) in [4.78, 5) is 14.3. The highest BCUT2D eigenvalue weighted by Crippen LogP contribution is 2.23. The van der Waals surface area contributed by atoms with Crippen molar-refractivity contribution in [1.29, 1.82) is 0 Å². The Balaban J connectivity index is 2.92. The lowest BCUT2D eigenvalue weighted by Gasteiger charge is -2.24. The van der Waals surface area contributed by atoms with Gasteiger partial charge in [0.2, 0.25) is 0 Å². The van der Waals surface area contributed by atoms with Crippen molar-refractivity contribution >= 4 is 34.7 Å². The first-order chi connectivity index (χ1) is 8.86. The number of hydrogen-bond donors (Lipinski definition) is 2. The third-order valence-electron chi connectivity index (χ3n) is 2.84. The van der Waals surface area contributed by atoms with Crippen LogP contribution in [0.5, 0.6) is 5.75 Å². The molecule has 1 amide bonds. The Hall–Kier alpha value is -1.33. The van der Waals surface area contributed by atoms with Gasteiger partial charge in [-0.2, -0.15) is 0 Å². The van der Waals surface area contributed by atoms with E-state index in [1.54, 1.807) is 11.0 Å². The predicted molar refractivity (Wildman–Crippen MR) is 80.6 cm³/mol. The van der Waals surface area contributed by atoms with Crippen LogP contribution in [-0.2, 0) is 0 Å². The maximum Gasteiger partial charge on any atom is 0.257 e. The van der Waals surface area contributed by atoms with Gasteiger partial charge in [0, 0.05) is 24.0 Å². The molecule has 0 spiro atoms. The van der Waals surface area contributed by atoms with Gasteiger partial charge in [-0.05, 0) is 25.1 Å². The van der Waals surface area contributed by atoms with Crippen LogP contribution in [0.2, 0.25) is 5.02 Å². The number of phenolic OH excluding ortho intramolecular Hbond substituents is 1. The molecule has 0 aliphatic carbocycles. The first-order valence-corrected chi connectivity index (χ1v) is 6.72. The number of hydrogen-bond acceptors (Lipinski definition) is 3. The van der Waals surface area contributed by atoms with Crippen LogP contribution < -0.4 is 5.73 Å². The molecule has 0 saturated carbocycles. The Kier molecular flexibility index (Phi) is 5.57. The number of nitrogens with two attached hydrogens (primary N) is 1. The van der Waals surface area contributed by atoms with Crippen LogP contribution in [-0.4, -0.2) is 34.0 Å². The lowest BCUT2D eigenvalue weighted by atomic mass is 10.1. The summed E-state index contributed by atoms with van der Waals surface area (Å²) >= 11 is 10.6. The standard InChI is InChI=1S/C13H17ClN2O2S/c1-3-16(7-8(2)12(15)19)13(18)10-5-4-9(14)6-11(10)17/h4-6,8,17H,3,7H2,1-2H3,(H2,15,19). The van der Waals surface area contributed by atoms with Crippen LogP contribution in [0.1, 0.15) is 24.2 Å². The molecule has 0 heterocycles. The third-order valence-corrected chi connectivity index (χ3v) is 3.48. The Morgan fingerprint density at radius 1 is 1.58 bits per heavy atom. The van der Waals surface area contributed by atoms with Crippen molar-refractivity contribution in [3.63, 3.8) is 0 Å². The lowest BCUT2D eigenvalue weighted by molar-refractivity contribution is 0.0752. The average Bonchev–Trinajstić information content (AvgIpc) is 2.34. The summed E-state index contributed by atoms with van der Waals surface area (Å²) in [6, 6.07) is 4.42. The van der Waals surface area contributed by atoms with Crippen molar-refractivity contribution < 1.29 is 9.90 Å². The van der Waals surface area contributed by atoms with Gasteiger partial charge in [0.15, 0.2) is 0 Å². The number of rotatable bonds is 5. The molecule has 0 fully saturated rings. The minimum absolute atomic E-state index is 0.0756. The molecule has 0 aromatic heterocycles. The van der Waals surface area contributed by atoms with E-state index in [1.807, 2.05) is 13.8 Å². The van der Waals surface area contributed by atoms with Crippen LogP contribution in [0.15, 0.2) is 18.2 Å². The maximum atomic E-state index is 12.3. The number of aromatic hydroxyl groups is 1. The summed E-state index contributed by atoms with van der Waals surface area (Å²) in [6.07, 6.45) is 0. The molecule has 19 heavy (non-hydrogen) atoms. The fourth-order valence-corrected chi connectivity index (χ4v) is 1.87. The topological polar surface area (TPSA) is 66.6 Å². The Morgan fingerprint density at radius 2 is 2.21 bits per heavy atom. The van der Waals surface area contributed by atoms with E-state index in [1.165, 1.54) is 12.1 Å². The van der Waals surface area contributed by atoms with Crippen LogP contribution in [0.3, 0.4) is 0 Å². The van der Waals surface area contributed by atoms with Gasteiger partial charge in [-0.25, -0.2) is 0 Å². The first kappa shape index (κ1) is 15.7. The van der Waals surface area contributed by atoms with Gasteiger partial charge in [0.25, 0.3) is 5.91 Å². The zero-order chi connectivity index (χ0) is 14.6. The number of carbonyl (C=O) groups excluding carboxylic acids is 1. The van der Waals surface area contributed by atoms with E-state index >= 15 is 0 Å². The summed E-state index contributed by atoms with van der Waals surface area (Å²) in [7, 11) is 0. The summed E-state index contributed by atoms with van der Waals surface area (Å²) in [5, 5.41) is 10.2. The van der Waals surface area contributed by atoms with Crippen molar-refractivity contribution in [3.8, 4) is 5.75 Å². The molecule has 0 bridgehead atoms. The molecule has 1 aromatic rings. The molecule has 0 aliphatic rings. The van der Waals surface area contributed by atoms with Crippen LogP contribution in [0.25, 0.3) is 0 Å². The minimum Gasteiger partial charge on any atom is -0.507 e. The van der Waals surface area contributed by atoms with Gasteiger partial charge in [-0.1, -0.05) is 30.7 Å². The minimum atomic E-state index is -0.264. The molecule has 0 aliphatic heterocycles. The number of thiocarbonyl (C=S) groups is 1. The zero-order valence-corrected chi connectivity index (χ0v) is 12.5. The largest absolute Gasteiger partial charge is 0.507 e. The molecule has 1 rings (SSSR count). The number of amides is 1. The van der Waals surface area contributed by atoms with E-state index in [2.05, 4.69) is 0 Å². The average molecular weight is 301 g/mol. The normalized spacial score (nSPS) is 11.9. The molecule has 0 radical (unpaired) electrons. The maximum absolute atomic E-state index is 12.3. The second-order valence-corrected chi connectivity index (χ2v) is 5.22. The highest BCUT2D eigenvalue weighted by Gasteiger charge is 2.20. The van der Waals surface area contributed by atoms with Crippen molar-refractivity contribution in [2.24, 2.45) is 11.7 Å². The lowest BCUT2D eigenvalue weighted by Crippen LogP contribution is -2.38. The van der Waals surface area contributed by atoms with E-state index in [-0.39, 0.29) is 23.1 Å². The molecule has 104 valence electrons. The van der Waals surface area contributed by atoms with Gasteiger partial charge in [0.1, 0.15) is 5.75 Å². The number of halogens is 1. The molecule has 1 unspecified atom stereocenters. The molecule has 6 heteroatoms. The number of phenols is 1. The Bertz CT molecular complexity index is 494. The Morgan fingerprint density at radius 3 is 2.68 bits per heavy atom. The monoisotopic (exact) mass is 300 g/mol. The van der Waals surface area contributed by atoms with Gasteiger partial charge in [-0.3, -0.25) is 4.79 Å². The first-order valence-electron chi connectivity index (χ1n) is 5.93. The summed E-state index contributed by atoms with van der Waals surface area (Å²) in [5.74, 6) is -0.466. The zero-order valence-electron chi connectivity index (χ0n) is 10.9. The Labute approximate surface area is 123 Å². The number of carbonyl (C=O) groups is 1. The molecule has 1 atom stereocenters. The van der Waals surface area contributed by atoms with Crippen LogP contribution in [0.4, 0.5) is 0 Å². The van der Waals surface area contributed by atoms with Crippen LogP contribution >= 0.6 is 23.8 Å². The van der Waals surface area contributed by atoms with Gasteiger partial charge in [0.05, 0.1) is 10.6 Å². The fraction of sp³-hybridized carbons (Fsp3) is 0.385. The quantitative estimate of drug-likeness (QED) is 0.820. The molecule has 4 nitrogen and oxygen atoms in total. The molecular formula is C13H17ClN2O2S. The van der Waals surface area contributed by atoms with Gasteiger partial charge < -0.3 is 15.7 Å². The van der Waals surface area contributed by atoms with Gasteiger partial charge >= 0.3 is 0 Å². The third kappa shape index (κ3) is 4.08. The highest BCUT2D eigenvalue weighted by atomic mass is 35.5. The fourth-order valence-electron chi connectivity index (χ4n) is 1.63. The number of nitrogens with zero attached hydrogens (tertiary/aromatic N) is 1. The van der Waals surface area contributed by atoms with Crippen molar-refractivity contribution in [3.05, 3.63) is 28.8 Å². The second kappa shape index (κ2) is 6.73. The van der Waals surface area contributed by atoms with E-state index < -0.39 is 0 Å². The van der Waals surface area contributed by atoms with Crippen LogP contribution in [0, 0.1) is 5.92 Å². The molecule has 3 N–H and O–H groups in total.